The van der Waals surface area contributed by atoms with Gasteiger partial charge in [-0.05, 0) is 6.92 Å². The smallest absolute Gasteiger partial charge is 0.154 e. The van der Waals surface area contributed by atoms with Gasteiger partial charge in [-0.1, -0.05) is 11.6 Å². The van der Waals surface area contributed by atoms with Crippen LogP contribution in [-0.2, 0) is 6.54 Å². The highest BCUT2D eigenvalue weighted by Crippen LogP contribution is 2.25. The van der Waals surface area contributed by atoms with Gasteiger partial charge in [0.05, 0.1) is 16.9 Å². The van der Waals surface area contributed by atoms with Crippen LogP contribution in [0.15, 0.2) is 18.6 Å². The zero-order valence-corrected chi connectivity index (χ0v) is 8.94. The van der Waals surface area contributed by atoms with Gasteiger partial charge in [0.15, 0.2) is 6.10 Å². The van der Waals surface area contributed by atoms with Crippen molar-refractivity contribution in [2.24, 2.45) is 0 Å². The van der Waals surface area contributed by atoms with Crippen LogP contribution in [0.5, 0.6) is 0 Å². The van der Waals surface area contributed by atoms with Crippen LogP contribution < -0.4 is 0 Å². The lowest BCUT2D eigenvalue weighted by Gasteiger charge is -2.10. The topological polar surface area (TPSA) is 66.7 Å². The lowest BCUT2D eigenvalue weighted by atomic mass is 10.2. The predicted octanol–water partition coefficient (Wildman–Crippen LogP) is 1.36. The number of nitrogens with one attached hydrogen (secondary N) is 1. The molecule has 0 aromatic carbocycles. The van der Waals surface area contributed by atoms with Crippen molar-refractivity contribution >= 4 is 11.6 Å². The van der Waals surface area contributed by atoms with Gasteiger partial charge >= 0.3 is 0 Å². The first-order valence-electron chi connectivity index (χ1n) is 4.62. The van der Waals surface area contributed by atoms with Crippen LogP contribution in [0.2, 0.25) is 5.02 Å². The molecule has 0 bridgehead atoms. The van der Waals surface area contributed by atoms with Crippen LogP contribution in [0.25, 0.3) is 0 Å². The third-order valence-corrected chi connectivity index (χ3v) is 2.46. The number of aliphatic hydroxyl groups is 1. The fraction of sp³-hybridized carbons (Fsp3) is 0.333. The molecule has 2 rings (SSSR count). The fourth-order valence-electron chi connectivity index (χ4n) is 1.45. The molecular formula is C9H11ClN4O. The van der Waals surface area contributed by atoms with Gasteiger partial charge in [0.2, 0.25) is 0 Å². The number of halogens is 1. The molecule has 0 amide bonds. The molecule has 0 saturated carbocycles. The van der Waals surface area contributed by atoms with E-state index in [4.69, 9.17) is 11.6 Å². The summed E-state index contributed by atoms with van der Waals surface area (Å²) in [4.78, 5) is 6.83. The van der Waals surface area contributed by atoms with Gasteiger partial charge in [-0.15, -0.1) is 0 Å². The quantitative estimate of drug-likeness (QED) is 0.831. The number of aromatic nitrogens is 4. The van der Waals surface area contributed by atoms with Gasteiger partial charge in [0.25, 0.3) is 0 Å². The van der Waals surface area contributed by atoms with Crippen molar-refractivity contribution in [3.8, 4) is 0 Å². The van der Waals surface area contributed by atoms with Crippen LogP contribution in [-0.4, -0.2) is 24.9 Å². The van der Waals surface area contributed by atoms with E-state index < -0.39 is 6.10 Å². The number of hydrogen-bond acceptors (Lipinski definition) is 3. The molecule has 2 aromatic rings. The number of aromatic amines is 1. The summed E-state index contributed by atoms with van der Waals surface area (Å²) in [5, 5.41) is 14.5. The SMILES string of the molecule is CCn1ncc(Cl)c1C(O)c1ncc[nH]1. The molecule has 2 aromatic heterocycles. The summed E-state index contributed by atoms with van der Waals surface area (Å²) in [5.74, 6) is 0.465. The first-order valence-corrected chi connectivity index (χ1v) is 5.00. The average Bonchev–Trinajstić information content (AvgIpc) is 2.85. The lowest BCUT2D eigenvalue weighted by Crippen LogP contribution is -2.10. The third kappa shape index (κ3) is 1.75. The van der Waals surface area contributed by atoms with E-state index in [9.17, 15) is 5.11 Å². The Morgan fingerprint density at radius 3 is 3.07 bits per heavy atom. The van der Waals surface area contributed by atoms with Gasteiger partial charge in [0, 0.05) is 18.9 Å². The van der Waals surface area contributed by atoms with Gasteiger partial charge in [-0.3, -0.25) is 4.68 Å². The summed E-state index contributed by atoms with van der Waals surface area (Å²) in [7, 11) is 0. The monoisotopic (exact) mass is 226 g/mol. The average molecular weight is 227 g/mol. The fourth-order valence-corrected chi connectivity index (χ4v) is 1.70. The van der Waals surface area contributed by atoms with E-state index >= 15 is 0 Å². The van der Waals surface area contributed by atoms with Gasteiger partial charge in [-0.25, -0.2) is 4.98 Å². The molecule has 0 radical (unpaired) electrons. The molecule has 2 heterocycles. The molecule has 0 aliphatic rings. The Morgan fingerprint density at radius 2 is 2.47 bits per heavy atom. The molecule has 6 heteroatoms. The van der Waals surface area contributed by atoms with E-state index in [1.165, 1.54) is 6.20 Å². The molecule has 5 nitrogen and oxygen atoms in total. The van der Waals surface area contributed by atoms with Gasteiger partial charge < -0.3 is 10.1 Å². The van der Waals surface area contributed by atoms with Gasteiger partial charge in [0.1, 0.15) is 5.82 Å². The lowest BCUT2D eigenvalue weighted by molar-refractivity contribution is 0.199. The van der Waals surface area contributed by atoms with E-state index in [2.05, 4.69) is 15.1 Å². The Balaban J connectivity index is 2.40. The number of aryl methyl sites for hydroxylation is 1. The van der Waals surface area contributed by atoms with Crippen LogP contribution in [0.1, 0.15) is 24.5 Å². The molecular weight excluding hydrogens is 216 g/mol. The number of imidazole rings is 1. The molecule has 0 spiro atoms. The molecule has 1 atom stereocenters. The van der Waals surface area contributed by atoms with Gasteiger partial charge in [-0.2, -0.15) is 5.10 Å². The Hall–Kier alpha value is -1.33. The second-order valence-electron chi connectivity index (χ2n) is 3.07. The Bertz CT molecular complexity index is 437. The number of nitrogens with zero attached hydrogens (tertiary/aromatic N) is 3. The summed E-state index contributed by atoms with van der Waals surface area (Å²) in [6, 6.07) is 0. The molecule has 0 saturated heterocycles. The summed E-state index contributed by atoms with van der Waals surface area (Å²) in [6.07, 6.45) is 3.89. The summed E-state index contributed by atoms with van der Waals surface area (Å²) < 4.78 is 1.65. The largest absolute Gasteiger partial charge is 0.379 e. The minimum Gasteiger partial charge on any atom is -0.379 e. The van der Waals surface area contributed by atoms with Crippen molar-refractivity contribution in [2.75, 3.05) is 0 Å². The van der Waals surface area contributed by atoms with Crippen molar-refractivity contribution in [3.63, 3.8) is 0 Å². The number of H-pyrrole nitrogens is 1. The van der Waals surface area contributed by atoms with E-state index in [0.29, 0.717) is 23.1 Å². The maximum absolute atomic E-state index is 10.0. The van der Waals surface area contributed by atoms with Crippen molar-refractivity contribution < 1.29 is 5.11 Å². The molecule has 0 fully saturated rings. The summed E-state index contributed by atoms with van der Waals surface area (Å²) in [6.45, 7) is 2.58. The van der Waals surface area contributed by atoms with Crippen LogP contribution in [0.4, 0.5) is 0 Å². The van der Waals surface area contributed by atoms with Crippen molar-refractivity contribution in [1.29, 1.82) is 0 Å². The van der Waals surface area contributed by atoms with E-state index in [0.717, 1.165) is 0 Å². The molecule has 0 aliphatic carbocycles. The number of aliphatic hydroxyl groups excluding tert-OH is 1. The maximum atomic E-state index is 10.0. The Morgan fingerprint density at radius 1 is 1.67 bits per heavy atom. The zero-order valence-electron chi connectivity index (χ0n) is 8.18. The first-order chi connectivity index (χ1) is 7.24. The highest BCUT2D eigenvalue weighted by atomic mass is 35.5. The standard InChI is InChI=1S/C9H11ClN4O/c1-2-14-7(6(10)5-13-14)8(15)9-11-3-4-12-9/h3-5,8,15H,2H2,1H3,(H,11,12). The van der Waals surface area contributed by atoms with Crippen LogP contribution in [0, 0.1) is 0 Å². The van der Waals surface area contributed by atoms with E-state index in [-0.39, 0.29) is 0 Å². The Kier molecular flexibility index (Phi) is 2.75. The van der Waals surface area contributed by atoms with E-state index in [1.807, 2.05) is 6.92 Å². The molecule has 15 heavy (non-hydrogen) atoms. The van der Waals surface area contributed by atoms with E-state index in [1.54, 1.807) is 17.1 Å². The minimum atomic E-state index is -0.866. The summed E-state index contributed by atoms with van der Waals surface area (Å²) >= 11 is 5.95. The normalized spacial score (nSPS) is 13.0. The third-order valence-electron chi connectivity index (χ3n) is 2.17. The second kappa shape index (κ2) is 4.04. The zero-order chi connectivity index (χ0) is 10.8. The highest BCUT2D eigenvalue weighted by Gasteiger charge is 2.20. The summed E-state index contributed by atoms with van der Waals surface area (Å²) in [5.41, 5.74) is 0.564. The maximum Gasteiger partial charge on any atom is 0.154 e. The first kappa shape index (κ1) is 10.2. The Labute approximate surface area is 91.7 Å². The molecule has 0 aliphatic heterocycles. The predicted molar refractivity (Wildman–Crippen MR) is 55.6 cm³/mol. The number of hydrogen-bond donors (Lipinski definition) is 2. The number of rotatable bonds is 3. The van der Waals surface area contributed by atoms with Crippen LogP contribution >= 0.6 is 11.6 Å². The van der Waals surface area contributed by atoms with Crippen molar-refractivity contribution in [2.45, 2.75) is 19.6 Å². The molecule has 80 valence electrons. The van der Waals surface area contributed by atoms with Crippen molar-refractivity contribution in [3.05, 3.63) is 35.1 Å². The molecule has 2 N–H and O–H groups in total. The minimum absolute atomic E-state index is 0.445. The highest BCUT2D eigenvalue weighted by molar-refractivity contribution is 6.31. The second-order valence-corrected chi connectivity index (χ2v) is 3.48. The van der Waals surface area contributed by atoms with Crippen molar-refractivity contribution in [1.82, 2.24) is 19.7 Å². The molecule has 1 unspecified atom stereocenters. The van der Waals surface area contributed by atoms with Crippen LogP contribution in [0.3, 0.4) is 0 Å².